The first-order valence-corrected chi connectivity index (χ1v) is 7.16. The van der Waals surface area contributed by atoms with Crippen molar-refractivity contribution in [1.29, 1.82) is 0 Å². The van der Waals surface area contributed by atoms with Crippen molar-refractivity contribution in [3.05, 3.63) is 12.2 Å². The number of unbranched alkanes of at least 4 members (excludes halogenated alkanes) is 9. The van der Waals surface area contributed by atoms with Gasteiger partial charge in [-0.25, -0.2) is 0 Å². The van der Waals surface area contributed by atoms with E-state index in [0.717, 1.165) is 0 Å². The Morgan fingerprint density at radius 1 is 0.733 bits per heavy atom. The molecular weight excluding hydrogens is 204 g/mol. The van der Waals surface area contributed by atoms with E-state index in [1.165, 1.54) is 64.2 Å². The lowest BCUT2D eigenvalue weighted by atomic mass is 10.1. The fourth-order valence-corrected chi connectivity index (χ4v) is 1.88. The van der Waals surface area contributed by atoms with Gasteiger partial charge in [0.25, 0.3) is 0 Å². The Hall–Kier alpha value is 0.0300. The minimum Gasteiger partial charge on any atom is -0.122 e. The zero-order valence-electron chi connectivity index (χ0n) is 10.3. The molecule has 0 bridgehead atoms. The van der Waals surface area contributed by atoms with Crippen LogP contribution in [0.5, 0.6) is 0 Å². The molecule has 0 aliphatic rings. The van der Waals surface area contributed by atoms with E-state index in [1.807, 2.05) is 6.08 Å². The third-order valence-corrected chi connectivity index (χ3v) is 2.91. The minimum absolute atomic E-state index is 0.664. The predicted octanol–water partition coefficient (Wildman–Crippen LogP) is 5.70. The average molecular weight is 231 g/mol. The Labute approximate surface area is 101 Å². The van der Waals surface area contributed by atoms with Crippen LogP contribution in [-0.4, -0.2) is 5.88 Å². The van der Waals surface area contributed by atoms with Gasteiger partial charge in [0.1, 0.15) is 0 Å². The summed E-state index contributed by atoms with van der Waals surface area (Å²) in [6.45, 7) is 2.27. The molecule has 0 rings (SSSR count). The van der Waals surface area contributed by atoms with Crippen LogP contribution in [-0.2, 0) is 0 Å². The van der Waals surface area contributed by atoms with E-state index < -0.39 is 0 Å². The van der Waals surface area contributed by atoms with Crippen LogP contribution in [0.3, 0.4) is 0 Å². The van der Waals surface area contributed by atoms with Crippen molar-refractivity contribution in [3.8, 4) is 0 Å². The molecule has 90 valence electrons. The smallest absolute Gasteiger partial charge is 0.0404 e. The summed E-state index contributed by atoms with van der Waals surface area (Å²) < 4.78 is 0. The lowest BCUT2D eigenvalue weighted by Gasteiger charge is -2.00. The van der Waals surface area contributed by atoms with Gasteiger partial charge in [0.2, 0.25) is 0 Å². The normalized spacial score (nSPS) is 11.3. The first-order valence-electron chi connectivity index (χ1n) is 6.62. The van der Waals surface area contributed by atoms with E-state index >= 15 is 0 Å². The summed E-state index contributed by atoms with van der Waals surface area (Å²) in [6.07, 6.45) is 18.1. The molecule has 0 atom stereocenters. The second kappa shape index (κ2) is 14.0. The lowest BCUT2D eigenvalue weighted by molar-refractivity contribution is 0.566. The van der Waals surface area contributed by atoms with Crippen LogP contribution in [0.2, 0.25) is 0 Å². The molecule has 0 saturated heterocycles. The second-order valence-electron chi connectivity index (χ2n) is 4.24. The Morgan fingerprint density at radius 3 is 1.80 bits per heavy atom. The highest BCUT2D eigenvalue weighted by Gasteiger charge is 1.90. The van der Waals surface area contributed by atoms with Crippen molar-refractivity contribution in [1.82, 2.24) is 0 Å². The van der Waals surface area contributed by atoms with Gasteiger partial charge in [-0.2, -0.15) is 0 Å². The Morgan fingerprint density at radius 2 is 1.27 bits per heavy atom. The number of hydrogen-bond donors (Lipinski definition) is 0. The van der Waals surface area contributed by atoms with Gasteiger partial charge in [-0.3, -0.25) is 0 Å². The molecule has 0 N–H and O–H groups in total. The molecule has 0 amide bonds. The van der Waals surface area contributed by atoms with Gasteiger partial charge in [0.15, 0.2) is 0 Å². The summed E-state index contributed by atoms with van der Waals surface area (Å²) >= 11 is 5.54. The van der Waals surface area contributed by atoms with Crippen LogP contribution in [0.15, 0.2) is 12.2 Å². The topological polar surface area (TPSA) is 0 Å². The third-order valence-electron chi connectivity index (χ3n) is 2.73. The predicted molar refractivity (Wildman–Crippen MR) is 71.7 cm³/mol. The molecule has 1 heteroatoms. The van der Waals surface area contributed by atoms with Crippen molar-refractivity contribution in [2.75, 3.05) is 5.88 Å². The van der Waals surface area contributed by atoms with Gasteiger partial charge in [-0.05, 0) is 12.8 Å². The Balaban J connectivity index is 2.89. The molecule has 0 nitrogen and oxygen atoms in total. The standard InChI is InChI=1S/C14H27Cl/c1-2-3-4-5-6-7-8-9-10-11-12-13-14-15/h12-13H,2-11,14H2,1H3/b13-12+. The number of hydrogen-bond acceptors (Lipinski definition) is 0. The SMILES string of the molecule is CCCCCCCCCCC/C=C/CCl. The Kier molecular flexibility index (Phi) is 14.1. The van der Waals surface area contributed by atoms with Crippen molar-refractivity contribution in [3.63, 3.8) is 0 Å². The molecule has 0 aromatic rings. The molecule has 15 heavy (non-hydrogen) atoms. The number of halogens is 1. The second-order valence-corrected chi connectivity index (χ2v) is 4.55. The van der Waals surface area contributed by atoms with E-state index in [2.05, 4.69) is 13.0 Å². The highest BCUT2D eigenvalue weighted by atomic mass is 35.5. The van der Waals surface area contributed by atoms with Crippen LogP contribution in [0.1, 0.15) is 71.1 Å². The molecule has 0 aromatic heterocycles. The van der Waals surface area contributed by atoms with Gasteiger partial charge in [0, 0.05) is 5.88 Å². The summed E-state index contributed by atoms with van der Waals surface area (Å²) in [7, 11) is 0. The monoisotopic (exact) mass is 230 g/mol. The largest absolute Gasteiger partial charge is 0.122 e. The Bertz CT molecular complexity index is 129. The highest BCUT2D eigenvalue weighted by molar-refractivity contribution is 6.18. The molecule has 0 radical (unpaired) electrons. The summed E-state index contributed by atoms with van der Waals surface area (Å²) in [5, 5.41) is 0. The maximum Gasteiger partial charge on any atom is 0.0404 e. The van der Waals surface area contributed by atoms with E-state index in [4.69, 9.17) is 11.6 Å². The summed E-state index contributed by atoms with van der Waals surface area (Å²) in [4.78, 5) is 0. The van der Waals surface area contributed by atoms with E-state index in [0.29, 0.717) is 5.88 Å². The summed E-state index contributed by atoms with van der Waals surface area (Å²) in [5.74, 6) is 0.664. The van der Waals surface area contributed by atoms with Gasteiger partial charge in [-0.1, -0.05) is 70.4 Å². The van der Waals surface area contributed by atoms with Gasteiger partial charge >= 0.3 is 0 Å². The fourth-order valence-electron chi connectivity index (χ4n) is 1.75. The summed E-state index contributed by atoms with van der Waals surface area (Å²) in [6, 6.07) is 0. The molecule has 0 spiro atoms. The van der Waals surface area contributed by atoms with E-state index in [-0.39, 0.29) is 0 Å². The molecule has 0 aliphatic heterocycles. The van der Waals surface area contributed by atoms with Crippen LogP contribution >= 0.6 is 11.6 Å². The number of allylic oxidation sites excluding steroid dienone is 2. The summed E-state index contributed by atoms with van der Waals surface area (Å²) in [5.41, 5.74) is 0. The van der Waals surface area contributed by atoms with E-state index in [1.54, 1.807) is 0 Å². The molecule has 0 saturated carbocycles. The van der Waals surface area contributed by atoms with Crippen molar-refractivity contribution >= 4 is 11.6 Å². The maximum absolute atomic E-state index is 5.54. The first kappa shape index (κ1) is 15.0. The fraction of sp³-hybridized carbons (Fsp3) is 0.857. The molecule has 0 aromatic carbocycles. The van der Waals surface area contributed by atoms with Crippen LogP contribution in [0, 0.1) is 0 Å². The quantitative estimate of drug-likeness (QED) is 0.243. The van der Waals surface area contributed by atoms with Crippen LogP contribution in [0.4, 0.5) is 0 Å². The molecule has 0 unspecified atom stereocenters. The van der Waals surface area contributed by atoms with Crippen molar-refractivity contribution < 1.29 is 0 Å². The maximum atomic E-state index is 5.54. The first-order chi connectivity index (χ1) is 7.41. The van der Waals surface area contributed by atoms with Crippen LogP contribution in [0.25, 0.3) is 0 Å². The third kappa shape index (κ3) is 14.0. The number of alkyl halides is 1. The number of rotatable bonds is 11. The van der Waals surface area contributed by atoms with E-state index in [9.17, 15) is 0 Å². The highest BCUT2D eigenvalue weighted by Crippen LogP contribution is 2.10. The van der Waals surface area contributed by atoms with Crippen molar-refractivity contribution in [2.24, 2.45) is 0 Å². The van der Waals surface area contributed by atoms with Crippen molar-refractivity contribution in [2.45, 2.75) is 71.1 Å². The molecular formula is C14H27Cl. The molecule has 0 heterocycles. The van der Waals surface area contributed by atoms with Gasteiger partial charge in [-0.15, -0.1) is 11.6 Å². The average Bonchev–Trinajstić information content (AvgIpc) is 2.26. The minimum atomic E-state index is 0.664. The molecule has 0 aliphatic carbocycles. The lowest BCUT2D eigenvalue weighted by Crippen LogP contribution is -1.80. The van der Waals surface area contributed by atoms with Gasteiger partial charge < -0.3 is 0 Å². The van der Waals surface area contributed by atoms with Gasteiger partial charge in [0.05, 0.1) is 0 Å². The zero-order chi connectivity index (χ0) is 11.2. The zero-order valence-corrected chi connectivity index (χ0v) is 11.1. The molecule has 0 fully saturated rings. The van der Waals surface area contributed by atoms with Crippen LogP contribution < -0.4 is 0 Å².